The van der Waals surface area contributed by atoms with Gasteiger partial charge < -0.3 is 4.98 Å². The molecule has 0 saturated heterocycles. The third-order valence-electron chi connectivity index (χ3n) is 2.70. The van der Waals surface area contributed by atoms with Crippen LogP contribution in [0.1, 0.15) is 16.7 Å². The average molecular weight is 198 g/mol. The molecule has 1 heterocycles. The zero-order valence-corrected chi connectivity index (χ0v) is 8.59. The van der Waals surface area contributed by atoms with Crippen LogP contribution in [0, 0.1) is 25.2 Å². The molecular formula is C12H10N2O. The highest BCUT2D eigenvalue weighted by Crippen LogP contribution is 2.16. The first kappa shape index (κ1) is 9.47. The SMILES string of the molecule is Cc1ccc2[nH]cc(C#N)c(=O)c2c1C. The first-order valence-electron chi connectivity index (χ1n) is 4.67. The third kappa shape index (κ3) is 1.31. The van der Waals surface area contributed by atoms with Crippen molar-refractivity contribution in [2.75, 3.05) is 0 Å². The van der Waals surface area contributed by atoms with E-state index in [1.165, 1.54) is 6.20 Å². The molecule has 3 heteroatoms. The summed E-state index contributed by atoms with van der Waals surface area (Å²) in [4.78, 5) is 14.8. The molecule has 2 rings (SSSR count). The molecule has 2 aromatic rings. The predicted molar refractivity (Wildman–Crippen MR) is 58.8 cm³/mol. The first-order chi connectivity index (χ1) is 7.15. The highest BCUT2D eigenvalue weighted by molar-refractivity contribution is 5.83. The molecule has 0 atom stereocenters. The minimum Gasteiger partial charge on any atom is -0.360 e. The normalized spacial score (nSPS) is 10.2. The maximum atomic E-state index is 11.9. The number of rotatable bonds is 0. The van der Waals surface area contributed by atoms with Gasteiger partial charge in [-0.1, -0.05) is 6.07 Å². The second-order valence-corrected chi connectivity index (χ2v) is 3.57. The average Bonchev–Trinajstić information content (AvgIpc) is 2.24. The minimum atomic E-state index is -0.188. The number of nitriles is 1. The van der Waals surface area contributed by atoms with Crippen LogP contribution in [0.3, 0.4) is 0 Å². The molecule has 0 bridgehead atoms. The number of benzene rings is 1. The fourth-order valence-electron chi connectivity index (χ4n) is 1.66. The number of aromatic nitrogens is 1. The smallest absolute Gasteiger partial charge is 0.207 e. The second-order valence-electron chi connectivity index (χ2n) is 3.57. The summed E-state index contributed by atoms with van der Waals surface area (Å²) in [5, 5.41) is 9.39. The number of nitrogens with one attached hydrogen (secondary N) is 1. The lowest BCUT2D eigenvalue weighted by atomic mass is 10.0. The highest BCUT2D eigenvalue weighted by Gasteiger charge is 2.07. The van der Waals surface area contributed by atoms with Gasteiger partial charge in [-0.2, -0.15) is 5.26 Å². The van der Waals surface area contributed by atoms with Gasteiger partial charge in [0, 0.05) is 17.1 Å². The van der Waals surface area contributed by atoms with Crippen LogP contribution in [0.2, 0.25) is 0 Å². The molecule has 0 fully saturated rings. The van der Waals surface area contributed by atoms with Gasteiger partial charge in [0.2, 0.25) is 5.43 Å². The summed E-state index contributed by atoms with van der Waals surface area (Å²) in [6, 6.07) is 5.71. The van der Waals surface area contributed by atoms with Crippen LogP contribution in [-0.2, 0) is 0 Å². The quantitative estimate of drug-likeness (QED) is 0.704. The van der Waals surface area contributed by atoms with Crippen LogP contribution in [0.4, 0.5) is 0 Å². The van der Waals surface area contributed by atoms with Crippen molar-refractivity contribution < 1.29 is 0 Å². The number of fused-ring (bicyclic) bond motifs is 1. The number of H-pyrrole nitrogens is 1. The number of aryl methyl sites for hydroxylation is 2. The maximum absolute atomic E-state index is 11.9. The standard InChI is InChI=1S/C12H10N2O/c1-7-3-4-10-11(8(7)2)12(15)9(5-13)6-14-10/h3-4,6H,1-2H3,(H,14,15). The molecule has 0 radical (unpaired) electrons. The van der Waals surface area contributed by atoms with Gasteiger partial charge in [-0.25, -0.2) is 0 Å². The summed E-state index contributed by atoms with van der Waals surface area (Å²) < 4.78 is 0. The lowest BCUT2D eigenvalue weighted by molar-refractivity contribution is 1.30. The van der Waals surface area contributed by atoms with Crippen molar-refractivity contribution in [3.05, 3.63) is 45.2 Å². The summed E-state index contributed by atoms with van der Waals surface area (Å²) in [5.74, 6) is 0. The van der Waals surface area contributed by atoms with E-state index in [1.807, 2.05) is 32.0 Å². The molecule has 0 spiro atoms. The Morgan fingerprint density at radius 2 is 2.07 bits per heavy atom. The summed E-state index contributed by atoms with van der Waals surface area (Å²) in [6.45, 7) is 3.85. The highest BCUT2D eigenvalue weighted by atomic mass is 16.1. The molecule has 74 valence electrons. The molecule has 0 saturated carbocycles. The Bertz CT molecular complexity index is 632. The van der Waals surface area contributed by atoms with Gasteiger partial charge in [0.15, 0.2) is 0 Å². The number of nitrogens with zero attached hydrogens (tertiary/aromatic N) is 1. The van der Waals surface area contributed by atoms with Crippen LogP contribution in [0.25, 0.3) is 10.9 Å². The molecule has 0 aliphatic rings. The molecule has 3 nitrogen and oxygen atoms in total. The van der Waals surface area contributed by atoms with Gasteiger partial charge >= 0.3 is 0 Å². The number of pyridine rings is 1. The van der Waals surface area contributed by atoms with Gasteiger partial charge in [0.1, 0.15) is 11.6 Å². The van der Waals surface area contributed by atoms with Gasteiger partial charge in [-0.05, 0) is 31.0 Å². The number of aromatic amines is 1. The molecule has 0 unspecified atom stereocenters. The summed E-state index contributed by atoms with van der Waals surface area (Å²) in [6.07, 6.45) is 1.46. The van der Waals surface area contributed by atoms with Gasteiger partial charge in [-0.15, -0.1) is 0 Å². The molecule has 0 aliphatic carbocycles. The van der Waals surface area contributed by atoms with E-state index in [-0.39, 0.29) is 11.0 Å². The topological polar surface area (TPSA) is 56.6 Å². The van der Waals surface area contributed by atoms with Crippen LogP contribution in [-0.4, -0.2) is 4.98 Å². The van der Waals surface area contributed by atoms with Gasteiger partial charge in [0.25, 0.3) is 0 Å². The largest absolute Gasteiger partial charge is 0.360 e. The Hall–Kier alpha value is -2.08. The maximum Gasteiger partial charge on any atom is 0.207 e. The summed E-state index contributed by atoms with van der Waals surface area (Å²) in [7, 11) is 0. The Morgan fingerprint density at radius 3 is 2.73 bits per heavy atom. The van der Waals surface area contributed by atoms with E-state index in [0.717, 1.165) is 16.6 Å². The Kier molecular flexibility index (Phi) is 2.05. The van der Waals surface area contributed by atoms with E-state index < -0.39 is 0 Å². The Balaban J connectivity index is 3.05. The molecule has 0 amide bonds. The fraction of sp³-hybridized carbons (Fsp3) is 0.167. The lowest BCUT2D eigenvalue weighted by Gasteiger charge is -2.04. The molecule has 1 N–H and O–H groups in total. The number of hydrogen-bond donors (Lipinski definition) is 1. The zero-order valence-electron chi connectivity index (χ0n) is 8.59. The van der Waals surface area contributed by atoms with Crippen LogP contribution >= 0.6 is 0 Å². The van der Waals surface area contributed by atoms with Crippen molar-refractivity contribution in [1.29, 1.82) is 5.26 Å². The van der Waals surface area contributed by atoms with Crippen molar-refractivity contribution in [2.24, 2.45) is 0 Å². The van der Waals surface area contributed by atoms with Crippen molar-refractivity contribution in [1.82, 2.24) is 4.98 Å². The Morgan fingerprint density at radius 1 is 1.33 bits per heavy atom. The van der Waals surface area contributed by atoms with Crippen LogP contribution in [0.5, 0.6) is 0 Å². The monoisotopic (exact) mass is 198 g/mol. The number of hydrogen-bond acceptors (Lipinski definition) is 2. The lowest BCUT2D eigenvalue weighted by Crippen LogP contribution is -2.09. The van der Waals surface area contributed by atoms with Crippen LogP contribution in [0.15, 0.2) is 23.1 Å². The molecule has 15 heavy (non-hydrogen) atoms. The van der Waals surface area contributed by atoms with Crippen LogP contribution < -0.4 is 5.43 Å². The van der Waals surface area contributed by atoms with Crippen molar-refractivity contribution in [3.8, 4) is 6.07 Å². The van der Waals surface area contributed by atoms with E-state index >= 15 is 0 Å². The van der Waals surface area contributed by atoms with E-state index in [1.54, 1.807) is 0 Å². The minimum absolute atomic E-state index is 0.163. The van der Waals surface area contributed by atoms with Gasteiger partial charge in [-0.3, -0.25) is 4.79 Å². The molecule has 0 aliphatic heterocycles. The van der Waals surface area contributed by atoms with Gasteiger partial charge in [0.05, 0.1) is 0 Å². The van der Waals surface area contributed by atoms with Crippen molar-refractivity contribution in [3.63, 3.8) is 0 Å². The van der Waals surface area contributed by atoms with E-state index in [9.17, 15) is 4.79 Å². The summed E-state index contributed by atoms with van der Waals surface area (Å²) in [5.41, 5.74) is 2.75. The first-order valence-corrected chi connectivity index (χ1v) is 4.67. The third-order valence-corrected chi connectivity index (χ3v) is 2.70. The Labute approximate surface area is 87.0 Å². The molecule has 1 aromatic heterocycles. The summed E-state index contributed by atoms with van der Waals surface area (Å²) >= 11 is 0. The van der Waals surface area contributed by atoms with E-state index in [0.29, 0.717) is 5.39 Å². The fourth-order valence-corrected chi connectivity index (χ4v) is 1.66. The van der Waals surface area contributed by atoms with E-state index in [2.05, 4.69) is 4.98 Å². The van der Waals surface area contributed by atoms with E-state index in [4.69, 9.17) is 5.26 Å². The molecular weight excluding hydrogens is 188 g/mol. The second kappa shape index (κ2) is 3.25. The predicted octanol–water partition coefficient (Wildman–Crippen LogP) is 2.02. The zero-order chi connectivity index (χ0) is 11.0. The van der Waals surface area contributed by atoms with Crippen molar-refractivity contribution in [2.45, 2.75) is 13.8 Å². The molecule has 1 aromatic carbocycles. The van der Waals surface area contributed by atoms with Crippen molar-refractivity contribution >= 4 is 10.9 Å².